The second-order valence-electron chi connectivity index (χ2n) is 4.53. The fourth-order valence-electron chi connectivity index (χ4n) is 1.77. The summed E-state index contributed by atoms with van der Waals surface area (Å²) in [5.41, 5.74) is 1.79. The summed E-state index contributed by atoms with van der Waals surface area (Å²) in [4.78, 5) is 4.25. The first-order valence-electron chi connectivity index (χ1n) is 6.44. The topological polar surface area (TPSA) is 55.5 Å². The number of aryl methyl sites for hydroxylation is 2. The Kier molecular flexibility index (Phi) is 4.22. The van der Waals surface area contributed by atoms with E-state index in [0.29, 0.717) is 18.9 Å². The van der Waals surface area contributed by atoms with Crippen molar-refractivity contribution in [3.63, 3.8) is 0 Å². The van der Waals surface area contributed by atoms with E-state index < -0.39 is 6.10 Å². The lowest BCUT2D eigenvalue weighted by atomic mass is 10.1. The van der Waals surface area contributed by atoms with Gasteiger partial charge in [-0.25, -0.2) is 4.98 Å². The molecule has 1 atom stereocenters. The van der Waals surface area contributed by atoms with Crippen LogP contribution in [0.1, 0.15) is 42.4 Å². The van der Waals surface area contributed by atoms with Crippen molar-refractivity contribution in [2.75, 3.05) is 0 Å². The van der Waals surface area contributed by atoms with E-state index in [0.717, 1.165) is 22.8 Å². The molecule has 0 radical (unpaired) electrons. The number of rotatable bonds is 5. The molecule has 1 heterocycles. The van der Waals surface area contributed by atoms with Crippen molar-refractivity contribution in [2.24, 2.45) is 0 Å². The van der Waals surface area contributed by atoms with Crippen molar-refractivity contribution in [1.82, 2.24) is 4.98 Å². The second-order valence-corrected chi connectivity index (χ2v) is 4.53. The molecule has 4 nitrogen and oxygen atoms in total. The van der Waals surface area contributed by atoms with Crippen LogP contribution in [0.5, 0.6) is 5.75 Å². The third kappa shape index (κ3) is 3.35. The normalized spacial score (nSPS) is 12.4. The van der Waals surface area contributed by atoms with Crippen LogP contribution in [-0.2, 0) is 6.61 Å². The molecule has 1 aromatic heterocycles. The van der Waals surface area contributed by atoms with Gasteiger partial charge in [-0.3, -0.25) is 0 Å². The maximum Gasteiger partial charge on any atom is 0.232 e. The smallest absolute Gasteiger partial charge is 0.232 e. The monoisotopic (exact) mass is 261 g/mol. The number of benzene rings is 1. The lowest BCUT2D eigenvalue weighted by Crippen LogP contribution is -1.97. The van der Waals surface area contributed by atoms with Crippen LogP contribution in [0.25, 0.3) is 0 Å². The molecular formula is C15H19NO3. The van der Waals surface area contributed by atoms with E-state index in [-0.39, 0.29) is 0 Å². The van der Waals surface area contributed by atoms with Crippen molar-refractivity contribution < 1.29 is 14.3 Å². The Balaban J connectivity index is 1.96. The van der Waals surface area contributed by atoms with Gasteiger partial charge in [0, 0.05) is 0 Å². The predicted octanol–water partition coefficient (Wildman–Crippen LogP) is 3.31. The van der Waals surface area contributed by atoms with Crippen molar-refractivity contribution in [3.05, 3.63) is 47.2 Å². The molecule has 0 amide bonds. The maximum atomic E-state index is 9.70. The molecule has 0 bridgehead atoms. The summed E-state index contributed by atoms with van der Waals surface area (Å²) in [7, 11) is 0. The average Bonchev–Trinajstić information content (AvgIpc) is 2.75. The summed E-state index contributed by atoms with van der Waals surface area (Å²) >= 11 is 0. The molecule has 102 valence electrons. The third-order valence-electron chi connectivity index (χ3n) is 3.09. The van der Waals surface area contributed by atoms with Crippen LogP contribution >= 0.6 is 0 Å². The lowest BCUT2D eigenvalue weighted by molar-refractivity contribution is 0.173. The minimum absolute atomic E-state index is 0.310. The van der Waals surface area contributed by atoms with Crippen LogP contribution in [-0.4, -0.2) is 10.1 Å². The van der Waals surface area contributed by atoms with E-state index in [1.54, 1.807) is 0 Å². The second kappa shape index (κ2) is 5.89. The number of hydrogen-bond donors (Lipinski definition) is 1. The van der Waals surface area contributed by atoms with Crippen molar-refractivity contribution in [1.29, 1.82) is 0 Å². The van der Waals surface area contributed by atoms with Crippen LogP contribution < -0.4 is 4.74 Å². The van der Waals surface area contributed by atoms with Crippen LogP contribution in [0, 0.1) is 13.8 Å². The van der Waals surface area contributed by atoms with Crippen LogP contribution in [0.4, 0.5) is 0 Å². The van der Waals surface area contributed by atoms with E-state index in [2.05, 4.69) is 4.98 Å². The first kappa shape index (κ1) is 13.6. The summed E-state index contributed by atoms with van der Waals surface area (Å²) in [6.07, 6.45) is 0.292. The summed E-state index contributed by atoms with van der Waals surface area (Å²) < 4.78 is 11.0. The van der Waals surface area contributed by atoms with Gasteiger partial charge >= 0.3 is 0 Å². The zero-order valence-corrected chi connectivity index (χ0v) is 11.5. The van der Waals surface area contributed by atoms with E-state index in [9.17, 15) is 5.11 Å². The van der Waals surface area contributed by atoms with Gasteiger partial charge in [-0.2, -0.15) is 0 Å². The third-order valence-corrected chi connectivity index (χ3v) is 3.09. The van der Waals surface area contributed by atoms with Gasteiger partial charge in [-0.15, -0.1) is 0 Å². The highest BCUT2D eigenvalue weighted by Gasteiger charge is 2.07. The van der Waals surface area contributed by atoms with Crippen molar-refractivity contribution in [3.8, 4) is 5.75 Å². The molecule has 19 heavy (non-hydrogen) atoms. The van der Waals surface area contributed by atoms with Gasteiger partial charge < -0.3 is 14.3 Å². The molecular weight excluding hydrogens is 242 g/mol. The Bertz CT molecular complexity index is 511. The fraction of sp³-hybridized carbons (Fsp3) is 0.400. The SMILES string of the molecule is CC[C@@H](O)c1ccc(OCc2nc(C)c(C)o2)cc1. The standard InChI is InChI=1S/C15H19NO3/c1-4-14(17)12-5-7-13(8-6-12)18-9-15-16-10(2)11(3)19-15/h5-8,14,17H,4,9H2,1-3H3/t14-/m1/s1. The summed E-state index contributed by atoms with van der Waals surface area (Å²) in [6, 6.07) is 7.43. The maximum absolute atomic E-state index is 9.70. The molecule has 0 aliphatic carbocycles. The number of hydrogen-bond acceptors (Lipinski definition) is 4. The van der Waals surface area contributed by atoms with Crippen molar-refractivity contribution in [2.45, 2.75) is 39.9 Å². The first-order chi connectivity index (χ1) is 9.10. The largest absolute Gasteiger partial charge is 0.484 e. The zero-order chi connectivity index (χ0) is 13.8. The Morgan fingerprint density at radius 1 is 1.26 bits per heavy atom. The van der Waals surface area contributed by atoms with Gasteiger partial charge in [0.15, 0.2) is 6.61 Å². The lowest BCUT2D eigenvalue weighted by Gasteiger charge is -2.09. The first-order valence-corrected chi connectivity index (χ1v) is 6.44. The molecule has 4 heteroatoms. The fourth-order valence-corrected chi connectivity index (χ4v) is 1.77. The highest BCUT2D eigenvalue weighted by Crippen LogP contribution is 2.20. The molecule has 0 spiro atoms. The summed E-state index contributed by atoms with van der Waals surface area (Å²) in [6.45, 7) is 6.04. The highest BCUT2D eigenvalue weighted by molar-refractivity contribution is 5.28. The minimum Gasteiger partial charge on any atom is -0.484 e. The molecule has 0 fully saturated rings. The van der Waals surface area contributed by atoms with Gasteiger partial charge in [0.2, 0.25) is 5.89 Å². The number of aromatic nitrogens is 1. The summed E-state index contributed by atoms with van der Waals surface area (Å²) in [5, 5.41) is 9.70. The Hall–Kier alpha value is -1.81. The van der Waals surface area contributed by atoms with Gasteiger partial charge in [-0.1, -0.05) is 19.1 Å². The Morgan fingerprint density at radius 3 is 2.47 bits per heavy atom. The number of aliphatic hydroxyl groups is 1. The minimum atomic E-state index is -0.411. The molecule has 2 aromatic rings. The number of ether oxygens (including phenoxy) is 1. The molecule has 0 aliphatic heterocycles. The van der Waals surface area contributed by atoms with Gasteiger partial charge in [0.25, 0.3) is 0 Å². The summed E-state index contributed by atoms with van der Waals surface area (Å²) in [5.74, 6) is 2.13. The predicted molar refractivity (Wildman–Crippen MR) is 72.0 cm³/mol. The molecule has 2 rings (SSSR count). The number of oxazole rings is 1. The van der Waals surface area contributed by atoms with Crippen LogP contribution in [0.15, 0.2) is 28.7 Å². The van der Waals surface area contributed by atoms with Gasteiger partial charge in [-0.05, 0) is 38.0 Å². The van der Waals surface area contributed by atoms with E-state index >= 15 is 0 Å². The van der Waals surface area contributed by atoms with Crippen LogP contribution in [0.2, 0.25) is 0 Å². The zero-order valence-electron chi connectivity index (χ0n) is 11.5. The van der Waals surface area contributed by atoms with Gasteiger partial charge in [0.05, 0.1) is 11.8 Å². The molecule has 1 N–H and O–H groups in total. The quantitative estimate of drug-likeness (QED) is 0.897. The molecule has 0 unspecified atom stereocenters. The average molecular weight is 261 g/mol. The van der Waals surface area contributed by atoms with Crippen molar-refractivity contribution >= 4 is 0 Å². The van der Waals surface area contributed by atoms with E-state index in [1.165, 1.54) is 0 Å². The molecule has 0 saturated carbocycles. The molecule has 0 aliphatic rings. The Morgan fingerprint density at radius 2 is 1.95 bits per heavy atom. The number of aliphatic hydroxyl groups excluding tert-OH is 1. The Labute approximate surface area is 113 Å². The van der Waals surface area contributed by atoms with Gasteiger partial charge in [0.1, 0.15) is 11.5 Å². The highest BCUT2D eigenvalue weighted by atomic mass is 16.5. The number of nitrogens with zero attached hydrogens (tertiary/aromatic N) is 1. The van der Waals surface area contributed by atoms with E-state index in [1.807, 2.05) is 45.0 Å². The van der Waals surface area contributed by atoms with E-state index in [4.69, 9.17) is 9.15 Å². The molecule has 0 saturated heterocycles. The molecule has 1 aromatic carbocycles. The van der Waals surface area contributed by atoms with Crippen LogP contribution in [0.3, 0.4) is 0 Å².